The van der Waals surface area contributed by atoms with Crippen molar-refractivity contribution >= 4 is 39.3 Å². The Kier molecular flexibility index (Phi) is 8.05. The van der Waals surface area contributed by atoms with Gasteiger partial charge in [-0.15, -0.1) is 0 Å². The Hall–Kier alpha value is -3.40. The van der Waals surface area contributed by atoms with Crippen LogP contribution < -0.4 is 15.4 Å². The van der Waals surface area contributed by atoms with Crippen molar-refractivity contribution in [3.05, 3.63) is 94.5 Å². The molecule has 8 nitrogen and oxygen atoms in total. The number of anilines is 1. The molecule has 3 N–H and O–H groups in total. The highest BCUT2D eigenvalue weighted by atomic mass is 35.5. The number of hydrogen-bond acceptors (Lipinski definition) is 5. The molecule has 3 aromatic rings. The minimum atomic E-state index is -3.94. The van der Waals surface area contributed by atoms with Crippen molar-refractivity contribution in [2.45, 2.75) is 18.0 Å². The minimum absolute atomic E-state index is 0.0146. The van der Waals surface area contributed by atoms with Gasteiger partial charge in [0.25, 0.3) is 5.91 Å². The summed E-state index contributed by atoms with van der Waals surface area (Å²) in [5.41, 5.74) is 2.28. The number of halogens is 1. The molecule has 0 radical (unpaired) electrons. The average Bonchev–Trinajstić information content (AvgIpc) is 2.83. The summed E-state index contributed by atoms with van der Waals surface area (Å²) in [5.74, 6) is -0.456. The van der Waals surface area contributed by atoms with Gasteiger partial charge >= 0.3 is 6.09 Å². The van der Waals surface area contributed by atoms with Crippen LogP contribution in [0, 0.1) is 0 Å². The smallest absolute Gasteiger partial charge is 0.411 e. The summed E-state index contributed by atoms with van der Waals surface area (Å²) in [6, 6.07) is 19.9. The van der Waals surface area contributed by atoms with E-state index in [-0.39, 0.29) is 28.6 Å². The first-order valence-corrected chi connectivity index (χ1v) is 11.7. The molecule has 0 aliphatic rings. The third kappa shape index (κ3) is 6.79. The number of benzene rings is 3. The second-order valence-corrected chi connectivity index (χ2v) is 9.09. The van der Waals surface area contributed by atoms with Crippen molar-refractivity contribution in [3.8, 4) is 0 Å². The van der Waals surface area contributed by atoms with Gasteiger partial charge in [-0.3, -0.25) is 10.1 Å². The van der Waals surface area contributed by atoms with Crippen molar-refractivity contribution in [1.29, 1.82) is 0 Å². The van der Waals surface area contributed by atoms with Gasteiger partial charge in [0.15, 0.2) is 0 Å². The van der Waals surface area contributed by atoms with Crippen molar-refractivity contribution in [2.75, 3.05) is 12.4 Å². The van der Waals surface area contributed by atoms with Crippen molar-refractivity contribution in [1.82, 2.24) is 10.0 Å². The van der Waals surface area contributed by atoms with Crippen LogP contribution in [0.25, 0.3) is 0 Å². The van der Waals surface area contributed by atoms with Gasteiger partial charge in [0.05, 0.1) is 12.1 Å². The van der Waals surface area contributed by atoms with E-state index < -0.39 is 22.0 Å². The molecule has 0 heterocycles. The number of hydrogen-bond donors (Lipinski definition) is 3. The van der Waals surface area contributed by atoms with Crippen molar-refractivity contribution < 1.29 is 22.7 Å². The van der Waals surface area contributed by atoms with E-state index in [1.165, 1.54) is 25.3 Å². The summed E-state index contributed by atoms with van der Waals surface area (Å²) in [6.45, 7) is 0.297. The molecular weight excluding hydrogens is 466 g/mol. The molecule has 0 aliphatic carbocycles. The fourth-order valence-corrected chi connectivity index (χ4v) is 4.40. The Morgan fingerprint density at radius 3 is 2.24 bits per heavy atom. The molecular formula is C23H22ClN3O5S. The van der Waals surface area contributed by atoms with Gasteiger partial charge in [0.2, 0.25) is 10.0 Å². The van der Waals surface area contributed by atoms with Crippen LogP contribution in [0.2, 0.25) is 5.02 Å². The van der Waals surface area contributed by atoms with E-state index in [1.54, 1.807) is 36.4 Å². The summed E-state index contributed by atoms with van der Waals surface area (Å²) >= 11 is 6.11. The molecule has 0 spiro atoms. The Morgan fingerprint density at radius 1 is 0.909 bits per heavy atom. The molecule has 3 aromatic carbocycles. The van der Waals surface area contributed by atoms with Crippen LogP contribution in [0.1, 0.15) is 21.5 Å². The lowest BCUT2D eigenvalue weighted by Gasteiger charge is -2.11. The highest BCUT2D eigenvalue weighted by Gasteiger charge is 2.20. The van der Waals surface area contributed by atoms with Crippen LogP contribution in [0.4, 0.5) is 10.5 Å². The molecule has 33 heavy (non-hydrogen) atoms. The van der Waals surface area contributed by atoms with Crippen LogP contribution in [-0.2, 0) is 27.8 Å². The predicted octanol–water partition coefficient (Wildman–Crippen LogP) is 3.93. The maximum atomic E-state index is 12.7. The fraction of sp³-hybridized carbons (Fsp3) is 0.130. The zero-order valence-electron chi connectivity index (χ0n) is 17.7. The lowest BCUT2D eigenvalue weighted by Crippen LogP contribution is -2.25. The minimum Gasteiger partial charge on any atom is -0.453 e. The predicted molar refractivity (Wildman–Crippen MR) is 126 cm³/mol. The van der Waals surface area contributed by atoms with E-state index in [4.69, 9.17) is 11.6 Å². The first-order valence-electron chi connectivity index (χ1n) is 9.84. The molecule has 0 aliphatic heterocycles. The SMILES string of the molecule is COC(=O)Nc1ccc(CNC(=O)c2ccc(Cl)c(S(=O)(=O)NCc3ccccc3)c2)cc1. The van der Waals surface area contributed by atoms with Gasteiger partial charge in [0, 0.05) is 24.3 Å². The fourth-order valence-electron chi connectivity index (χ4n) is 2.86. The Labute approximate surface area is 197 Å². The molecule has 0 saturated heterocycles. The second-order valence-electron chi connectivity index (χ2n) is 6.95. The summed E-state index contributed by atoms with van der Waals surface area (Å²) in [4.78, 5) is 23.6. The van der Waals surface area contributed by atoms with Crippen LogP contribution >= 0.6 is 11.6 Å². The zero-order chi connectivity index (χ0) is 23.8. The van der Waals surface area contributed by atoms with Crippen LogP contribution in [0.15, 0.2) is 77.7 Å². The van der Waals surface area contributed by atoms with Crippen LogP contribution in [0.3, 0.4) is 0 Å². The number of nitrogens with one attached hydrogen (secondary N) is 3. The molecule has 0 aromatic heterocycles. The Morgan fingerprint density at radius 2 is 1.58 bits per heavy atom. The first kappa shape index (κ1) is 24.2. The number of rotatable bonds is 8. The maximum Gasteiger partial charge on any atom is 0.411 e. The standard InChI is InChI=1S/C23H22ClN3O5S/c1-32-23(29)27-19-10-7-17(8-11-19)14-25-22(28)18-9-12-20(24)21(13-18)33(30,31)26-15-16-5-3-2-4-6-16/h2-13,26H,14-15H2,1H3,(H,25,28)(H,27,29). The van der Waals surface area contributed by atoms with Crippen LogP contribution in [-0.4, -0.2) is 27.5 Å². The van der Waals surface area contributed by atoms with E-state index in [9.17, 15) is 18.0 Å². The highest BCUT2D eigenvalue weighted by Crippen LogP contribution is 2.23. The van der Waals surface area contributed by atoms with Gasteiger partial charge in [0.1, 0.15) is 4.90 Å². The Bertz CT molecular complexity index is 1230. The first-order chi connectivity index (χ1) is 15.8. The van der Waals surface area contributed by atoms with Crippen molar-refractivity contribution in [3.63, 3.8) is 0 Å². The molecule has 172 valence electrons. The molecule has 0 unspecified atom stereocenters. The normalized spacial score (nSPS) is 11.0. The Balaban J connectivity index is 1.65. The topological polar surface area (TPSA) is 114 Å². The average molecular weight is 488 g/mol. The van der Waals surface area contributed by atoms with Gasteiger partial charge < -0.3 is 10.1 Å². The number of carbonyl (C=O) groups is 2. The number of sulfonamides is 1. The second kappa shape index (κ2) is 11.0. The van der Waals surface area contributed by atoms with Gasteiger partial charge in [-0.05, 0) is 41.5 Å². The van der Waals surface area contributed by atoms with E-state index in [0.717, 1.165) is 11.1 Å². The largest absolute Gasteiger partial charge is 0.453 e. The molecule has 10 heteroatoms. The molecule has 2 amide bonds. The monoisotopic (exact) mass is 487 g/mol. The maximum absolute atomic E-state index is 12.7. The number of amides is 2. The van der Waals surface area contributed by atoms with E-state index >= 15 is 0 Å². The van der Waals surface area contributed by atoms with Crippen molar-refractivity contribution in [2.24, 2.45) is 0 Å². The summed E-state index contributed by atoms with van der Waals surface area (Å²) in [7, 11) is -2.67. The molecule has 0 bridgehead atoms. The molecule has 3 rings (SSSR count). The summed E-state index contributed by atoms with van der Waals surface area (Å²) in [5, 5.41) is 5.28. The van der Waals surface area contributed by atoms with E-state index in [1.807, 2.05) is 18.2 Å². The summed E-state index contributed by atoms with van der Waals surface area (Å²) in [6.07, 6.45) is -0.581. The third-order valence-corrected chi connectivity index (χ3v) is 6.51. The molecule has 0 atom stereocenters. The quantitative estimate of drug-likeness (QED) is 0.445. The van der Waals surface area contributed by atoms with E-state index in [0.29, 0.717) is 5.69 Å². The number of carbonyl (C=O) groups excluding carboxylic acids is 2. The zero-order valence-corrected chi connectivity index (χ0v) is 19.2. The highest BCUT2D eigenvalue weighted by molar-refractivity contribution is 7.89. The van der Waals surface area contributed by atoms with Gasteiger partial charge in [-0.25, -0.2) is 17.9 Å². The lowest BCUT2D eigenvalue weighted by atomic mass is 10.2. The van der Waals surface area contributed by atoms with Crippen LogP contribution in [0.5, 0.6) is 0 Å². The third-order valence-electron chi connectivity index (χ3n) is 4.63. The molecule has 0 saturated carbocycles. The van der Waals surface area contributed by atoms with Gasteiger partial charge in [-0.1, -0.05) is 54.1 Å². The summed E-state index contributed by atoms with van der Waals surface area (Å²) < 4.78 is 32.5. The van der Waals surface area contributed by atoms with Gasteiger partial charge in [-0.2, -0.15) is 0 Å². The van der Waals surface area contributed by atoms with E-state index in [2.05, 4.69) is 20.1 Å². The lowest BCUT2D eigenvalue weighted by molar-refractivity contribution is 0.0950. The number of ether oxygens (including phenoxy) is 1. The molecule has 0 fully saturated rings. The number of methoxy groups -OCH3 is 1.